The van der Waals surface area contributed by atoms with Gasteiger partial charge in [-0.2, -0.15) is 0 Å². The highest BCUT2D eigenvalue weighted by molar-refractivity contribution is 6.64. The van der Waals surface area contributed by atoms with Gasteiger partial charge in [-0.05, 0) is 17.7 Å². The first-order valence-corrected chi connectivity index (χ1v) is 3.86. The molecule has 0 amide bonds. The number of hydrogen-bond acceptors (Lipinski definition) is 1. The summed E-state index contributed by atoms with van der Waals surface area (Å²) in [6.45, 7) is 0. The monoisotopic (exact) mass is 212 g/mol. The molecule has 0 saturated heterocycles. The fourth-order valence-corrected chi connectivity index (χ4v) is 1.23. The van der Waals surface area contributed by atoms with Gasteiger partial charge >= 0.3 is 0 Å². The molecule has 2 unspecified atom stereocenters. The molecule has 1 aliphatic rings. The summed E-state index contributed by atoms with van der Waals surface area (Å²) in [4.78, 5) is 10.5. The third-order valence-electron chi connectivity index (χ3n) is 1.50. The Bertz CT molecular complexity index is 273. The van der Waals surface area contributed by atoms with Crippen molar-refractivity contribution < 1.29 is 13.6 Å². The lowest BCUT2D eigenvalue weighted by molar-refractivity contribution is -0.115. The predicted octanol–water partition coefficient (Wildman–Crippen LogP) is 2.70. The number of rotatable bonds is 1. The fraction of sp³-hybridized carbons (Fsp3) is 0.286. The summed E-state index contributed by atoms with van der Waals surface area (Å²) >= 11 is 10.3. The molecule has 1 rings (SSSR count). The summed E-state index contributed by atoms with van der Waals surface area (Å²) in [5, 5.41) is -1.49. The lowest BCUT2D eigenvalue weighted by Crippen LogP contribution is -2.22. The molecule has 66 valence electrons. The van der Waals surface area contributed by atoms with E-state index in [0.717, 1.165) is 12.2 Å². The molecule has 0 saturated carbocycles. The van der Waals surface area contributed by atoms with Crippen molar-refractivity contribution in [1.82, 2.24) is 0 Å². The van der Waals surface area contributed by atoms with Crippen LogP contribution in [0.25, 0.3) is 0 Å². The topological polar surface area (TPSA) is 17.1 Å². The summed E-state index contributed by atoms with van der Waals surface area (Å²) in [5.41, 5.74) is 0. The highest BCUT2D eigenvalue weighted by atomic mass is 35.5. The van der Waals surface area contributed by atoms with Crippen LogP contribution in [0.4, 0.5) is 8.78 Å². The SMILES string of the molecule is O=C(Cl)C1C=CC(F)=C(Cl)C1F. The van der Waals surface area contributed by atoms with Crippen LogP contribution in [0.1, 0.15) is 0 Å². The van der Waals surface area contributed by atoms with Crippen molar-refractivity contribution in [2.75, 3.05) is 0 Å². The third kappa shape index (κ3) is 1.67. The molecule has 0 N–H and O–H groups in total. The molecular weight excluding hydrogens is 209 g/mol. The van der Waals surface area contributed by atoms with Crippen molar-refractivity contribution in [2.24, 2.45) is 5.92 Å². The highest BCUT2D eigenvalue weighted by Gasteiger charge is 2.31. The molecule has 1 aliphatic carbocycles. The zero-order valence-corrected chi connectivity index (χ0v) is 7.24. The first kappa shape index (κ1) is 9.68. The van der Waals surface area contributed by atoms with Crippen LogP contribution in [-0.2, 0) is 4.79 Å². The molecular formula is C7H4Cl2F2O. The van der Waals surface area contributed by atoms with Gasteiger partial charge in [-0.25, -0.2) is 8.78 Å². The highest BCUT2D eigenvalue weighted by Crippen LogP contribution is 2.31. The molecule has 0 aromatic rings. The maximum Gasteiger partial charge on any atom is 0.231 e. The second kappa shape index (κ2) is 3.54. The van der Waals surface area contributed by atoms with E-state index in [1.807, 2.05) is 0 Å². The largest absolute Gasteiger partial charge is 0.281 e. The average molecular weight is 213 g/mol. The van der Waals surface area contributed by atoms with Crippen molar-refractivity contribution in [3.63, 3.8) is 0 Å². The van der Waals surface area contributed by atoms with Crippen LogP contribution in [0.15, 0.2) is 23.0 Å². The van der Waals surface area contributed by atoms with E-state index in [0.29, 0.717) is 0 Å². The van der Waals surface area contributed by atoms with Gasteiger partial charge in [0.15, 0.2) is 6.17 Å². The van der Waals surface area contributed by atoms with Crippen molar-refractivity contribution in [3.8, 4) is 0 Å². The molecule has 0 aliphatic heterocycles. The van der Waals surface area contributed by atoms with Crippen LogP contribution in [0.3, 0.4) is 0 Å². The van der Waals surface area contributed by atoms with E-state index in [9.17, 15) is 13.6 Å². The molecule has 0 fully saturated rings. The standard InChI is InChI=1S/C7H4Cl2F2O/c8-5-4(10)2-1-3(6(5)11)7(9)12/h1-3,6H. The number of carbonyl (C=O) groups is 1. The summed E-state index contributed by atoms with van der Waals surface area (Å²) in [5.74, 6) is -2.03. The van der Waals surface area contributed by atoms with Crippen molar-refractivity contribution >= 4 is 28.4 Å². The second-order valence-electron chi connectivity index (χ2n) is 2.29. The lowest BCUT2D eigenvalue weighted by atomic mass is 10.00. The maximum absolute atomic E-state index is 13.0. The van der Waals surface area contributed by atoms with Gasteiger partial charge in [-0.15, -0.1) is 0 Å². The molecule has 0 radical (unpaired) electrons. The van der Waals surface area contributed by atoms with Crippen LogP contribution in [0.2, 0.25) is 0 Å². The summed E-state index contributed by atoms with van der Waals surface area (Å²) in [6, 6.07) is 0. The van der Waals surface area contributed by atoms with Crippen LogP contribution in [-0.4, -0.2) is 11.4 Å². The van der Waals surface area contributed by atoms with Crippen molar-refractivity contribution in [3.05, 3.63) is 23.0 Å². The third-order valence-corrected chi connectivity index (χ3v) is 2.14. The zero-order chi connectivity index (χ0) is 9.30. The Labute approximate surface area is 77.6 Å². The predicted molar refractivity (Wildman–Crippen MR) is 42.4 cm³/mol. The Morgan fingerprint density at radius 1 is 1.58 bits per heavy atom. The first-order chi connectivity index (χ1) is 5.54. The average Bonchev–Trinajstić information content (AvgIpc) is 2.00. The first-order valence-electron chi connectivity index (χ1n) is 3.11. The van der Waals surface area contributed by atoms with Gasteiger partial charge in [0, 0.05) is 0 Å². The molecule has 1 nitrogen and oxygen atoms in total. The quantitative estimate of drug-likeness (QED) is 0.612. The zero-order valence-electron chi connectivity index (χ0n) is 5.73. The van der Waals surface area contributed by atoms with Gasteiger partial charge in [0.25, 0.3) is 0 Å². The molecule has 0 aromatic carbocycles. The van der Waals surface area contributed by atoms with Gasteiger partial charge in [0.1, 0.15) is 5.83 Å². The van der Waals surface area contributed by atoms with Crippen molar-refractivity contribution in [2.45, 2.75) is 6.17 Å². The van der Waals surface area contributed by atoms with Gasteiger partial charge in [-0.1, -0.05) is 17.7 Å². The van der Waals surface area contributed by atoms with Crippen LogP contribution < -0.4 is 0 Å². The Morgan fingerprint density at radius 2 is 2.17 bits per heavy atom. The van der Waals surface area contributed by atoms with E-state index >= 15 is 0 Å². The second-order valence-corrected chi connectivity index (χ2v) is 3.07. The van der Waals surface area contributed by atoms with Crippen LogP contribution in [0, 0.1) is 5.92 Å². The molecule has 0 aromatic heterocycles. The molecule has 0 spiro atoms. The molecule has 2 atom stereocenters. The Morgan fingerprint density at radius 3 is 2.67 bits per heavy atom. The normalized spacial score (nSPS) is 29.3. The molecule has 0 bridgehead atoms. The van der Waals surface area contributed by atoms with Gasteiger partial charge in [0.2, 0.25) is 5.24 Å². The molecule has 0 heterocycles. The van der Waals surface area contributed by atoms with Crippen LogP contribution >= 0.6 is 23.2 Å². The number of halogens is 4. The molecule has 5 heteroatoms. The number of carbonyl (C=O) groups excluding carboxylic acids is 1. The summed E-state index contributed by atoms with van der Waals surface area (Å²) in [6.07, 6.45) is 0.131. The van der Waals surface area contributed by atoms with E-state index in [4.69, 9.17) is 23.2 Å². The minimum absolute atomic E-state index is 0.600. The van der Waals surface area contributed by atoms with E-state index in [2.05, 4.69) is 0 Å². The van der Waals surface area contributed by atoms with Crippen LogP contribution in [0.5, 0.6) is 0 Å². The fourth-order valence-electron chi connectivity index (χ4n) is 0.845. The van der Waals surface area contributed by atoms with Crippen molar-refractivity contribution in [1.29, 1.82) is 0 Å². The maximum atomic E-state index is 13.0. The lowest BCUT2D eigenvalue weighted by Gasteiger charge is -2.16. The van der Waals surface area contributed by atoms with Gasteiger partial charge in [-0.3, -0.25) is 4.79 Å². The number of alkyl halides is 1. The summed E-state index contributed by atoms with van der Waals surface area (Å²) in [7, 11) is 0. The van der Waals surface area contributed by atoms with E-state index in [-0.39, 0.29) is 0 Å². The minimum Gasteiger partial charge on any atom is -0.281 e. The minimum atomic E-state index is -1.86. The Balaban J connectivity index is 2.92. The Hall–Kier alpha value is -0.410. The molecule has 12 heavy (non-hydrogen) atoms. The van der Waals surface area contributed by atoms with Gasteiger partial charge in [0.05, 0.1) is 11.0 Å². The number of allylic oxidation sites excluding steroid dienone is 4. The van der Waals surface area contributed by atoms with E-state index < -0.39 is 28.2 Å². The van der Waals surface area contributed by atoms with E-state index in [1.165, 1.54) is 0 Å². The smallest absolute Gasteiger partial charge is 0.231 e. The number of hydrogen-bond donors (Lipinski definition) is 0. The van der Waals surface area contributed by atoms with E-state index in [1.54, 1.807) is 0 Å². The summed E-state index contributed by atoms with van der Waals surface area (Å²) < 4.78 is 25.5. The van der Waals surface area contributed by atoms with Gasteiger partial charge < -0.3 is 0 Å². The Kier molecular flexibility index (Phi) is 2.85.